The van der Waals surface area contributed by atoms with Crippen LogP contribution in [-0.2, 0) is 26.6 Å². The third-order valence-corrected chi connectivity index (χ3v) is 7.97. The number of piperidine rings is 1. The van der Waals surface area contributed by atoms with Gasteiger partial charge in [0.25, 0.3) is 0 Å². The minimum atomic E-state index is -4.12. The molecule has 2 aromatic rings. The zero-order valence-corrected chi connectivity index (χ0v) is 19.8. The number of nitrogens with one attached hydrogen (secondary N) is 1. The molecular weight excluding hydrogens is 456 g/mol. The van der Waals surface area contributed by atoms with E-state index in [-0.39, 0.29) is 35.8 Å². The van der Waals surface area contributed by atoms with Gasteiger partial charge in [0, 0.05) is 43.3 Å². The van der Waals surface area contributed by atoms with Gasteiger partial charge in [0.05, 0.1) is 12.5 Å². The van der Waals surface area contributed by atoms with E-state index in [0.717, 1.165) is 12.1 Å². The highest BCUT2D eigenvalue weighted by molar-refractivity contribution is 7.89. The molecule has 0 aliphatic carbocycles. The Bertz CT molecular complexity index is 1190. The van der Waals surface area contributed by atoms with Gasteiger partial charge in [-0.05, 0) is 45.7 Å². The van der Waals surface area contributed by atoms with Crippen LogP contribution in [0, 0.1) is 31.4 Å². The first-order valence-electron chi connectivity index (χ1n) is 10.6. The third kappa shape index (κ3) is 4.79. The summed E-state index contributed by atoms with van der Waals surface area (Å²) >= 11 is 0. The fourth-order valence-corrected chi connectivity index (χ4v) is 6.00. The Balaban J connectivity index is 1.88. The number of anilines is 1. The molecule has 1 fully saturated rings. The maximum Gasteiger partial charge on any atom is 0.341 e. The second kappa shape index (κ2) is 9.60. The molecule has 1 aliphatic heterocycles. The normalized spacial score (nSPS) is 17.1. The molecule has 2 heterocycles. The molecular formula is C22H27F2N3O5S. The number of rotatable bonds is 6. The molecule has 3 rings (SSSR count). The number of carbonyl (C=O) groups is 2. The Kier molecular flexibility index (Phi) is 7.23. The van der Waals surface area contributed by atoms with Gasteiger partial charge in [-0.15, -0.1) is 0 Å². The van der Waals surface area contributed by atoms with Crippen molar-refractivity contribution in [2.24, 2.45) is 13.0 Å². The number of hydrogen-bond acceptors (Lipinski definition) is 5. The first-order chi connectivity index (χ1) is 15.5. The van der Waals surface area contributed by atoms with E-state index < -0.39 is 39.5 Å². The summed E-state index contributed by atoms with van der Waals surface area (Å²) < 4.78 is 61.7. The van der Waals surface area contributed by atoms with Crippen LogP contribution in [-0.4, -0.2) is 48.9 Å². The molecule has 1 aromatic carbocycles. The number of amides is 1. The minimum Gasteiger partial charge on any atom is -0.462 e. The Morgan fingerprint density at radius 3 is 2.52 bits per heavy atom. The van der Waals surface area contributed by atoms with Crippen LogP contribution in [0.5, 0.6) is 0 Å². The molecule has 1 aromatic heterocycles. The molecule has 1 unspecified atom stereocenters. The number of hydrogen-bond donors (Lipinski definition) is 1. The zero-order valence-electron chi connectivity index (χ0n) is 18.9. The number of carbonyl (C=O) groups excluding carboxylic acids is 2. The van der Waals surface area contributed by atoms with Crippen molar-refractivity contribution in [2.75, 3.05) is 25.0 Å². The van der Waals surface area contributed by atoms with Crippen molar-refractivity contribution in [3.8, 4) is 0 Å². The molecule has 180 valence electrons. The number of esters is 1. The van der Waals surface area contributed by atoms with Crippen LogP contribution in [0.15, 0.2) is 23.1 Å². The van der Waals surface area contributed by atoms with Crippen LogP contribution in [0.2, 0.25) is 0 Å². The highest BCUT2D eigenvalue weighted by atomic mass is 32.2. The van der Waals surface area contributed by atoms with E-state index in [2.05, 4.69) is 5.32 Å². The predicted octanol–water partition coefficient (Wildman–Crippen LogP) is 3.14. The summed E-state index contributed by atoms with van der Waals surface area (Å²) in [6.45, 7) is 5.08. The first-order valence-corrected chi connectivity index (χ1v) is 12.0. The lowest BCUT2D eigenvalue weighted by Gasteiger charge is -2.31. The molecule has 33 heavy (non-hydrogen) atoms. The number of halogens is 2. The van der Waals surface area contributed by atoms with Crippen molar-refractivity contribution in [3.63, 3.8) is 0 Å². The molecule has 1 aliphatic rings. The fourth-order valence-electron chi connectivity index (χ4n) is 4.00. The van der Waals surface area contributed by atoms with E-state index in [1.807, 2.05) is 0 Å². The molecule has 8 nitrogen and oxygen atoms in total. The average Bonchev–Trinajstić information content (AvgIpc) is 3.01. The number of nitrogens with zero attached hydrogens (tertiary/aromatic N) is 2. The summed E-state index contributed by atoms with van der Waals surface area (Å²) in [5.74, 6) is -4.04. The second-order valence-corrected chi connectivity index (χ2v) is 9.85. The quantitative estimate of drug-likeness (QED) is 0.637. The Morgan fingerprint density at radius 2 is 1.88 bits per heavy atom. The van der Waals surface area contributed by atoms with Crippen LogP contribution in [0.3, 0.4) is 0 Å². The van der Waals surface area contributed by atoms with Crippen LogP contribution in [0.1, 0.15) is 41.5 Å². The first kappa shape index (κ1) is 24.8. The van der Waals surface area contributed by atoms with Crippen LogP contribution in [0.25, 0.3) is 0 Å². The van der Waals surface area contributed by atoms with E-state index in [0.29, 0.717) is 24.2 Å². The van der Waals surface area contributed by atoms with E-state index in [9.17, 15) is 26.8 Å². The summed E-state index contributed by atoms with van der Waals surface area (Å²) in [6.07, 6.45) is 0.855. The lowest BCUT2D eigenvalue weighted by molar-refractivity contribution is -0.120. The van der Waals surface area contributed by atoms with E-state index >= 15 is 0 Å². The van der Waals surface area contributed by atoms with Crippen molar-refractivity contribution < 1.29 is 31.5 Å². The van der Waals surface area contributed by atoms with Gasteiger partial charge in [0.15, 0.2) is 11.6 Å². The Hall–Kier alpha value is -2.79. The maximum atomic E-state index is 13.6. The van der Waals surface area contributed by atoms with Gasteiger partial charge in [0.1, 0.15) is 10.5 Å². The molecule has 1 N–H and O–H groups in total. The smallest absolute Gasteiger partial charge is 0.341 e. The number of sulfonamides is 1. The van der Waals surface area contributed by atoms with E-state index in [1.165, 1.54) is 10.4 Å². The van der Waals surface area contributed by atoms with Crippen molar-refractivity contribution in [1.29, 1.82) is 0 Å². The maximum absolute atomic E-state index is 13.6. The average molecular weight is 484 g/mol. The van der Waals surface area contributed by atoms with Gasteiger partial charge in [-0.1, -0.05) is 0 Å². The van der Waals surface area contributed by atoms with Gasteiger partial charge in [0.2, 0.25) is 15.9 Å². The minimum absolute atomic E-state index is 0.00906. The van der Waals surface area contributed by atoms with E-state index in [1.54, 1.807) is 32.4 Å². The summed E-state index contributed by atoms with van der Waals surface area (Å²) in [7, 11) is -2.45. The predicted molar refractivity (Wildman–Crippen MR) is 117 cm³/mol. The summed E-state index contributed by atoms with van der Waals surface area (Å²) in [5.41, 5.74) is 0.932. The highest BCUT2D eigenvalue weighted by Gasteiger charge is 2.39. The largest absolute Gasteiger partial charge is 0.462 e. The van der Waals surface area contributed by atoms with Crippen molar-refractivity contribution in [2.45, 2.75) is 38.5 Å². The van der Waals surface area contributed by atoms with Crippen LogP contribution in [0.4, 0.5) is 14.5 Å². The summed E-state index contributed by atoms with van der Waals surface area (Å²) in [4.78, 5) is 25.2. The van der Waals surface area contributed by atoms with Gasteiger partial charge in [-0.2, -0.15) is 4.31 Å². The molecule has 0 radical (unpaired) electrons. The van der Waals surface area contributed by atoms with Crippen molar-refractivity contribution in [1.82, 2.24) is 8.87 Å². The Labute approximate surface area is 191 Å². The molecule has 1 amide bonds. The molecule has 1 saturated heterocycles. The molecule has 0 bridgehead atoms. The fraction of sp³-hybridized carbons (Fsp3) is 0.455. The standard InChI is InChI=1S/C22H27F2N3O5S/c1-5-32-22(29)19-13(2)26(4)14(3)20(19)33(30,31)27-10-6-7-15(12-27)21(28)25-16-8-9-17(23)18(24)11-16/h8-9,11,15H,5-7,10,12H2,1-4H3,(H,25,28). The molecule has 1 atom stereocenters. The molecule has 11 heteroatoms. The summed E-state index contributed by atoms with van der Waals surface area (Å²) in [6, 6.07) is 3.00. The van der Waals surface area contributed by atoms with Gasteiger partial charge >= 0.3 is 5.97 Å². The SMILES string of the molecule is CCOC(=O)c1c(S(=O)(=O)N2CCCC(C(=O)Nc3ccc(F)c(F)c3)C2)c(C)n(C)c1C. The molecule has 0 spiro atoms. The van der Waals surface area contributed by atoms with Gasteiger partial charge < -0.3 is 14.6 Å². The highest BCUT2D eigenvalue weighted by Crippen LogP contribution is 2.32. The number of benzene rings is 1. The monoisotopic (exact) mass is 483 g/mol. The summed E-state index contributed by atoms with van der Waals surface area (Å²) in [5, 5.41) is 2.52. The van der Waals surface area contributed by atoms with Gasteiger partial charge in [-0.3, -0.25) is 4.79 Å². The number of ether oxygens (including phenoxy) is 1. The lowest BCUT2D eigenvalue weighted by Crippen LogP contribution is -2.44. The molecule has 0 saturated carbocycles. The third-order valence-electron chi connectivity index (χ3n) is 5.94. The van der Waals surface area contributed by atoms with Gasteiger partial charge in [-0.25, -0.2) is 22.0 Å². The van der Waals surface area contributed by atoms with Crippen LogP contribution < -0.4 is 5.32 Å². The zero-order chi connectivity index (χ0) is 24.5. The second-order valence-electron chi connectivity index (χ2n) is 7.97. The topological polar surface area (TPSA) is 97.7 Å². The Morgan fingerprint density at radius 1 is 1.18 bits per heavy atom. The van der Waals surface area contributed by atoms with Crippen LogP contribution >= 0.6 is 0 Å². The van der Waals surface area contributed by atoms with Crippen molar-refractivity contribution in [3.05, 3.63) is 46.8 Å². The van der Waals surface area contributed by atoms with Crippen molar-refractivity contribution >= 4 is 27.6 Å². The lowest BCUT2D eigenvalue weighted by atomic mass is 9.98. The van der Waals surface area contributed by atoms with E-state index in [4.69, 9.17) is 4.74 Å². The number of aromatic nitrogens is 1.